The lowest BCUT2D eigenvalue weighted by Gasteiger charge is -2.11. The lowest BCUT2D eigenvalue weighted by atomic mass is 10.2. The Balaban J connectivity index is 2.31. The molecule has 0 aliphatic rings. The van der Waals surface area contributed by atoms with E-state index >= 15 is 0 Å². The number of hydrogen-bond acceptors (Lipinski definition) is 2. The van der Waals surface area contributed by atoms with Crippen LogP contribution in [0.1, 0.15) is 5.56 Å². The average Bonchev–Trinajstić information content (AvgIpc) is 2.32. The van der Waals surface area contributed by atoms with Gasteiger partial charge >= 0.3 is 0 Å². The Morgan fingerprint density at radius 3 is 2.58 bits per heavy atom. The summed E-state index contributed by atoms with van der Waals surface area (Å²) >= 11 is 3.19. The third-order valence-electron chi connectivity index (χ3n) is 2.45. The number of hydrogen-bond donors (Lipinski definition) is 1. The fourth-order valence-electron chi connectivity index (χ4n) is 1.69. The second kappa shape index (κ2) is 6.12. The van der Waals surface area contributed by atoms with Gasteiger partial charge in [-0.15, -0.1) is 0 Å². The van der Waals surface area contributed by atoms with Gasteiger partial charge in [0.1, 0.15) is 23.1 Å². The van der Waals surface area contributed by atoms with Crippen molar-refractivity contribution in [1.29, 1.82) is 0 Å². The van der Waals surface area contributed by atoms with E-state index < -0.39 is 5.82 Å². The zero-order valence-electron chi connectivity index (χ0n) is 10.2. The summed E-state index contributed by atoms with van der Waals surface area (Å²) in [7, 11) is 1.76. The van der Waals surface area contributed by atoms with Gasteiger partial charge in [0, 0.05) is 22.6 Å². The molecule has 1 N–H and O–H groups in total. The molecule has 2 aromatic carbocycles. The SMILES string of the molecule is CNCc1cc(F)ccc1Oc1cc(F)cc(Br)c1. The molecule has 0 radical (unpaired) electrons. The van der Waals surface area contributed by atoms with Crippen molar-refractivity contribution in [2.24, 2.45) is 0 Å². The Labute approximate surface area is 118 Å². The van der Waals surface area contributed by atoms with Crippen LogP contribution in [0, 0.1) is 11.6 Å². The monoisotopic (exact) mass is 327 g/mol. The number of benzene rings is 2. The lowest BCUT2D eigenvalue weighted by Crippen LogP contribution is -2.06. The average molecular weight is 328 g/mol. The van der Waals surface area contributed by atoms with Crippen molar-refractivity contribution < 1.29 is 13.5 Å². The van der Waals surface area contributed by atoms with Crippen LogP contribution in [0.5, 0.6) is 11.5 Å². The number of halogens is 3. The smallest absolute Gasteiger partial charge is 0.132 e. The first-order chi connectivity index (χ1) is 9.08. The van der Waals surface area contributed by atoms with Crippen molar-refractivity contribution in [1.82, 2.24) is 5.32 Å². The molecule has 2 nitrogen and oxygen atoms in total. The first kappa shape index (κ1) is 14.0. The van der Waals surface area contributed by atoms with Crippen LogP contribution in [-0.2, 0) is 6.54 Å². The summed E-state index contributed by atoms with van der Waals surface area (Å²) in [5.41, 5.74) is 0.669. The molecule has 19 heavy (non-hydrogen) atoms. The molecule has 0 fully saturated rings. The zero-order valence-corrected chi connectivity index (χ0v) is 11.8. The van der Waals surface area contributed by atoms with E-state index in [1.54, 1.807) is 13.1 Å². The topological polar surface area (TPSA) is 21.3 Å². The van der Waals surface area contributed by atoms with Gasteiger partial charge in [-0.3, -0.25) is 0 Å². The summed E-state index contributed by atoms with van der Waals surface area (Å²) in [6, 6.07) is 8.49. The van der Waals surface area contributed by atoms with Crippen molar-refractivity contribution in [3.63, 3.8) is 0 Å². The quantitative estimate of drug-likeness (QED) is 0.906. The second-order valence-electron chi connectivity index (χ2n) is 3.99. The van der Waals surface area contributed by atoms with Gasteiger partial charge in [0.05, 0.1) is 0 Å². The van der Waals surface area contributed by atoms with Gasteiger partial charge in [-0.1, -0.05) is 15.9 Å². The van der Waals surface area contributed by atoms with Gasteiger partial charge in [-0.2, -0.15) is 0 Å². The van der Waals surface area contributed by atoms with E-state index in [1.165, 1.54) is 30.3 Å². The maximum absolute atomic E-state index is 13.3. The molecule has 0 atom stereocenters. The van der Waals surface area contributed by atoms with E-state index in [0.717, 1.165) is 0 Å². The molecule has 0 saturated heterocycles. The highest BCUT2D eigenvalue weighted by molar-refractivity contribution is 9.10. The van der Waals surface area contributed by atoms with Crippen LogP contribution >= 0.6 is 15.9 Å². The van der Waals surface area contributed by atoms with Gasteiger partial charge in [0.2, 0.25) is 0 Å². The highest BCUT2D eigenvalue weighted by Gasteiger charge is 2.07. The fraction of sp³-hybridized carbons (Fsp3) is 0.143. The van der Waals surface area contributed by atoms with E-state index in [2.05, 4.69) is 21.2 Å². The minimum Gasteiger partial charge on any atom is -0.457 e. The summed E-state index contributed by atoms with van der Waals surface area (Å²) in [4.78, 5) is 0. The molecule has 0 spiro atoms. The number of ether oxygens (including phenoxy) is 1. The molecule has 0 bridgehead atoms. The van der Waals surface area contributed by atoms with E-state index in [-0.39, 0.29) is 5.82 Å². The van der Waals surface area contributed by atoms with Gasteiger partial charge in [0.15, 0.2) is 0 Å². The van der Waals surface area contributed by atoms with Crippen LogP contribution in [-0.4, -0.2) is 7.05 Å². The van der Waals surface area contributed by atoms with Gasteiger partial charge in [0.25, 0.3) is 0 Å². The van der Waals surface area contributed by atoms with Crippen LogP contribution in [0.3, 0.4) is 0 Å². The molecule has 0 aromatic heterocycles. The molecular formula is C14H12BrF2NO. The Kier molecular flexibility index (Phi) is 4.50. The molecule has 0 amide bonds. The van der Waals surface area contributed by atoms with Crippen LogP contribution in [0.15, 0.2) is 40.9 Å². The van der Waals surface area contributed by atoms with E-state index in [0.29, 0.717) is 28.1 Å². The van der Waals surface area contributed by atoms with Crippen LogP contribution in [0.4, 0.5) is 8.78 Å². The first-order valence-corrected chi connectivity index (χ1v) is 6.45. The largest absolute Gasteiger partial charge is 0.457 e. The number of nitrogens with one attached hydrogen (secondary N) is 1. The summed E-state index contributed by atoms with van der Waals surface area (Å²) < 4.78 is 32.6. The fourth-order valence-corrected chi connectivity index (χ4v) is 2.13. The highest BCUT2D eigenvalue weighted by Crippen LogP contribution is 2.28. The van der Waals surface area contributed by atoms with Gasteiger partial charge in [-0.25, -0.2) is 8.78 Å². The minimum atomic E-state index is -0.401. The van der Waals surface area contributed by atoms with E-state index in [1.807, 2.05) is 0 Å². The maximum Gasteiger partial charge on any atom is 0.132 e. The highest BCUT2D eigenvalue weighted by atomic mass is 79.9. The van der Waals surface area contributed by atoms with Crippen LogP contribution in [0.25, 0.3) is 0 Å². The second-order valence-corrected chi connectivity index (χ2v) is 4.91. The van der Waals surface area contributed by atoms with Crippen molar-refractivity contribution in [2.75, 3.05) is 7.05 Å². The standard InChI is InChI=1S/C14H12BrF2NO/c1-18-8-9-4-11(16)2-3-14(9)19-13-6-10(15)5-12(17)7-13/h2-7,18H,8H2,1H3. The minimum absolute atomic E-state index is 0.335. The van der Waals surface area contributed by atoms with Crippen molar-refractivity contribution >= 4 is 15.9 Å². The summed E-state index contributed by atoms with van der Waals surface area (Å²) in [5, 5.41) is 2.93. The van der Waals surface area contributed by atoms with Gasteiger partial charge in [-0.05, 0) is 37.4 Å². The maximum atomic E-state index is 13.3. The van der Waals surface area contributed by atoms with Crippen molar-refractivity contribution in [3.8, 4) is 11.5 Å². The molecule has 0 unspecified atom stereocenters. The molecule has 5 heteroatoms. The molecule has 0 aliphatic heterocycles. The first-order valence-electron chi connectivity index (χ1n) is 5.65. The predicted octanol–water partition coefficient (Wildman–Crippen LogP) is 4.24. The lowest BCUT2D eigenvalue weighted by molar-refractivity contribution is 0.466. The molecule has 0 heterocycles. The van der Waals surface area contributed by atoms with E-state index in [9.17, 15) is 8.78 Å². The molecule has 0 aliphatic carbocycles. The molecule has 100 valence electrons. The predicted molar refractivity (Wildman–Crippen MR) is 73.3 cm³/mol. The summed E-state index contributed by atoms with van der Waals surface area (Å²) in [6.07, 6.45) is 0. The third-order valence-corrected chi connectivity index (χ3v) is 2.91. The summed E-state index contributed by atoms with van der Waals surface area (Å²) in [6.45, 7) is 0.462. The Morgan fingerprint density at radius 1 is 1.11 bits per heavy atom. The molecule has 2 rings (SSSR count). The Hall–Kier alpha value is -1.46. The molecule has 0 saturated carbocycles. The third kappa shape index (κ3) is 3.75. The molecular weight excluding hydrogens is 316 g/mol. The van der Waals surface area contributed by atoms with Crippen molar-refractivity contribution in [2.45, 2.75) is 6.54 Å². The molecule has 2 aromatic rings. The summed E-state index contributed by atoms with van der Waals surface area (Å²) in [5.74, 6) is 0.115. The van der Waals surface area contributed by atoms with Gasteiger partial charge < -0.3 is 10.1 Å². The number of rotatable bonds is 4. The normalized spacial score (nSPS) is 10.5. The Bertz CT molecular complexity index is 569. The van der Waals surface area contributed by atoms with Crippen LogP contribution < -0.4 is 10.1 Å². The van der Waals surface area contributed by atoms with Crippen LogP contribution in [0.2, 0.25) is 0 Å². The van der Waals surface area contributed by atoms with E-state index in [4.69, 9.17) is 4.74 Å². The zero-order chi connectivity index (χ0) is 13.8. The Morgan fingerprint density at radius 2 is 1.89 bits per heavy atom. The van der Waals surface area contributed by atoms with Crippen molar-refractivity contribution in [3.05, 3.63) is 58.1 Å².